The van der Waals surface area contributed by atoms with Gasteiger partial charge in [-0.2, -0.15) is 0 Å². The molecule has 0 bridgehead atoms. The Labute approximate surface area is 179 Å². The summed E-state index contributed by atoms with van der Waals surface area (Å²) in [5.74, 6) is -0.838. The van der Waals surface area contributed by atoms with Crippen molar-refractivity contribution in [3.8, 4) is 0 Å². The van der Waals surface area contributed by atoms with Gasteiger partial charge in [0.2, 0.25) is 0 Å². The molecular formula is C22H44N2O4S. The lowest BCUT2D eigenvalue weighted by Crippen LogP contribution is -2.45. The highest BCUT2D eigenvalue weighted by Crippen LogP contribution is 2.13. The van der Waals surface area contributed by atoms with Crippen LogP contribution in [-0.2, 0) is 21.1 Å². The van der Waals surface area contributed by atoms with Crippen LogP contribution in [-0.4, -0.2) is 62.9 Å². The molecule has 1 aliphatic rings. The van der Waals surface area contributed by atoms with Crippen molar-refractivity contribution < 1.29 is 18.3 Å². The van der Waals surface area contributed by atoms with E-state index in [0.29, 0.717) is 12.1 Å². The Morgan fingerprint density at radius 2 is 1.38 bits per heavy atom. The minimum absolute atomic E-state index is 0.0886. The molecule has 0 aromatic heterocycles. The Balaban J connectivity index is -0.000000754. The average molecular weight is 433 g/mol. The van der Waals surface area contributed by atoms with E-state index in [9.17, 15) is 13.2 Å². The average Bonchev–Trinajstić information content (AvgIpc) is 2.79. The van der Waals surface area contributed by atoms with Crippen LogP contribution in [0, 0.1) is 0 Å². The maximum Gasteiger partial charge on any atom is 0.307 e. The number of hydrogen-bond acceptors (Lipinski definition) is 5. The molecule has 29 heavy (non-hydrogen) atoms. The SMILES string of the molecule is CC.CC.CC.CC.O=C(O)Cc1ccc(S(=O)(=O)CCN2CCNCC2)cc1. The first kappa shape index (κ1) is 32.2. The number of piperazine rings is 1. The highest BCUT2D eigenvalue weighted by Gasteiger charge is 2.17. The Morgan fingerprint density at radius 3 is 1.79 bits per heavy atom. The van der Waals surface area contributed by atoms with Gasteiger partial charge < -0.3 is 10.4 Å². The van der Waals surface area contributed by atoms with Crippen molar-refractivity contribution in [1.82, 2.24) is 10.2 Å². The van der Waals surface area contributed by atoms with Gasteiger partial charge in [-0.25, -0.2) is 8.42 Å². The third kappa shape index (κ3) is 15.1. The Kier molecular flexibility index (Phi) is 23.6. The number of sulfone groups is 1. The number of rotatable bonds is 6. The molecule has 1 aliphatic heterocycles. The number of carbonyl (C=O) groups is 1. The summed E-state index contributed by atoms with van der Waals surface area (Å²) in [5, 5.41) is 11.9. The van der Waals surface area contributed by atoms with Crippen molar-refractivity contribution in [2.24, 2.45) is 0 Å². The molecule has 1 fully saturated rings. The molecule has 7 heteroatoms. The Morgan fingerprint density at radius 1 is 0.931 bits per heavy atom. The van der Waals surface area contributed by atoms with Crippen molar-refractivity contribution in [3.63, 3.8) is 0 Å². The fourth-order valence-corrected chi connectivity index (χ4v) is 3.58. The summed E-state index contributed by atoms with van der Waals surface area (Å²) in [6, 6.07) is 6.11. The van der Waals surface area contributed by atoms with Crippen LogP contribution in [0.5, 0.6) is 0 Å². The number of hydrogen-bond donors (Lipinski definition) is 2. The van der Waals surface area contributed by atoms with Gasteiger partial charge in [-0.05, 0) is 17.7 Å². The van der Waals surface area contributed by atoms with E-state index in [-0.39, 0.29) is 17.1 Å². The molecule has 0 unspecified atom stereocenters. The largest absolute Gasteiger partial charge is 0.481 e. The van der Waals surface area contributed by atoms with Crippen molar-refractivity contribution in [2.75, 3.05) is 38.5 Å². The molecule has 0 radical (unpaired) electrons. The molecule has 0 aliphatic carbocycles. The molecule has 1 aromatic rings. The smallest absolute Gasteiger partial charge is 0.307 e. The van der Waals surface area contributed by atoms with E-state index in [2.05, 4.69) is 10.2 Å². The lowest BCUT2D eigenvalue weighted by Gasteiger charge is -2.26. The molecule has 2 rings (SSSR count). The molecule has 2 N–H and O–H groups in total. The number of carboxylic acid groups (broad SMARTS) is 1. The summed E-state index contributed by atoms with van der Waals surface area (Å²) < 4.78 is 24.5. The maximum absolute atomic E-state index is 12.2. The monoisotopic (exact) mass is 432 g/mol. The fourth-order valence-electron chi connectivity index (χ4n) is 2.29. The number of carboxylic acids is 1. The molecule has 0 amide bonds. The van der Waals surface area contributed by atoms with Crippen LogP contribution in [0.15, 0.2) is 29.2 Å². The van der Waals surface area contributed by atoms with E-state index < -0.39 is 15.8 Å². The highest BCUT2D eigenvalue weighted by molar-refractivity contribution is 7.91. The second-order valence-electron chi connectivity index (χ2n) is 5.12. The minimum Gasteiger partial charge on any atom is -0.481 e. The van der Waals surface area contributed by atoms with Gasteiger partial charge in [-0.1, -0.05) is 67.5 Å². The van der Waals surface area contributed by atoms with E-state index in [0.717, 1.165) is 26.2 Å². The van der Waals surface area contributed by atoms with E-state index in [1.54, 1.807) is 12.1 Å². The van der Waals surface area contributed by atoms with E-state index in [1.165, 1.54) is 12.1 Å². The first-order chi connectivity index (χ1) is 14.0. The van der Waals surface area contributed by atoms with Gasteiger partial charge in [-0.15, -0.1) is 0 Å². The minimum atomic E-state index is -3.31. The topological polar surface area (TPSA) is 86.7 Å². The van der Waals surface area contributed by atoms with E-state index in [1.807, 2.05) is 55.4 Å². The van der Waals surface area contributed by atoms with Gasteiger partial charge in [0, 0.05) is 32.7 Å². The molecule has 6 nitrogen and oxygen atoms in total. The predicted molar refractivity (Wildman–Crippen MR) is 125 cm³/mol. The van der Waals surface area contributed by atoms with Crippen molar-refractivity contribution in [2.45, 2.75) is 66.7 Å². The number of nitrogens with zero attached hydrogens (tertiary/aromatic N) is 1. The van der Waals surface area contributed by atoms with Crippen molar-refractivity contribution in [3.05, 3.63) is 29.8 Å². The summed E-state index contributed by atoms with van der Waals surface area (Å²) >= 11 is 0. The van der Waals surface area contributed by atoms with Crippen LogP contribution in [0.1, 0.15) is 61.0 Å². The molecule has 1 aromatic carbocycles. The lowest BCUT2D eigenvalue weighted by atomic mass is 10.2. The quantitative estimate of drug-likeness (QED) is 0.704. The van der Waals surface area contributed by atoms with Crippen LogP contribution in [0.4, 0.5) is 0 Å². The van der Waals surface area contributed by atoms with Gasteiger partial charge >= 0.3 is 5.97 Å². The Bertz CT molecular complexity index is 581. The van der Waals surface area contributed by atoms with Gasteiger partial charge in [0.05, 0.1) is 17.1 Å². The van der Waals surface area contributed by atoms with E-state index in [4.69, 9.17) is 5.11 Å². The predicted octanol–water partition coefficient (Wildman–Crippen LogP) is 4.10. The molecule has 0 atom stereocenters. The summed E-state index contributed by atoms with van der Waals surface area (Å²) in [4.78, 5) is 13.0. The number of aliphatic carboxylic acids is 1. The van der Waals surface area contributed by atoms with Gasteiger partial charge in [0.15, 0.2) is 9.84 Å². The molecular weight excluding hydrogens is 388 g/mol. The zero-order valence-corrected chi connectivity index (χ0v) is 20.6. The molecule has 0 saturated carbocycles. The highest BCUT2D eigenvalue weighted by atomic mass is 32.2. The fraction of sp³-hybridized carbons (Fsp3) is 0.682. The van der Waals surface area contributed by atoms with Gasteiger partial charge in [0.25, 0.3) is 0 Å². The summed E-state index contributed by atoms with van der Waals surface area (Å²) in [7, 11) is -3.31. The number of benzene rings is 1. The van der Waals surface area contributed by atoms with Crippen molar-refractivity contribution >= 4 is 15.8 Å². The first-order valence-electron chi connectivity index (χ1n) is 10.9. The van der Waals surface area contributed by atoms with Crippen LogP contribution in [0.3, 0.4) is 0 Å². The first-order valence-corrected chi connectivity index (χ1v) is 12.6. The third-order valence-electron chi connectivity index (χ3n) is 3.52. The normalized spacial score (nSPS) is 13.0. The zero-order valence-electron chi connectivity index (χ0n) is 19.8. The Hall–Kier alpha value is -1.44. The second kappa shape index (κ2) is 21.3. The molecule has 172 valence electrons. The molecule has 1 heterocycles. The maximum atomic E-state index is 12.2. The lowest BCUT2D eigenvalue weighted by molar-refractivity contribution is -0.136. The third-order valence-corrected chi connectivity index (χ3v) is 5.23. The summed E-state index contributed by atoms with van der Waals surface area (Å²) in [6.07, 6.45) is -0.0961. The van der Waals surface area contributed by atoms with Crippen LogP contribution in [0.25, 0.3) is 0 Å². The van der Waals surface area contributed by atoms with Crippen LogP contribution in [0.2, 0.25) is 0 Å². The zero-order chi connectivity index (χ0) is 23.3. The standard InChI is InChI=1S/C14H20N2O4S.4C2H6/c17-14(18)11-12-1-3-13(4-2-12)21(19,20)10-9-16-7-5-15-6-8-16;4*1-2/h1-4,15H,5-11H2,(H,17,18);4*1-2H3. The molecule has 1 saturated heterocycles. The second-order valence-corrected chi connectivity index (χ2v) is 7.23. The van der Waals surface area contributed by atoms with Crippen molar-refractivity contribution in [1.29, 1.82) is 0 Å². The number of nitrogens with one attached hydrogen (secondary N) is 1. The summed E-state index contributed by atoms with van der Waals surface area (Å²) in [5.41, 5.74) is 0.601. The van der Waals surface area contributed by atoms with Gasteiger partial charge in [0.1, 0.15) is 0 Å². The van der Waals surface area contributed by atoms with E-state index >= 15 is 0 Å². The van der Waals surface area contributed by atoms with Gasteiger partial charge in [-0.3, -0.25) is 9.69 Å². The summed E-state index contributed by atoms with van der Waals surface area (Å²) in [6.45, 7) is 20.1. The van der Waals surface area contributed by atoms with Crippen LogP contribution < -0.4 is 5.32 Å². The van der Waals surface area contributed by atoms with Crippen LogP contribution >= 0.6 is 0 Å². The molecule has 0 spiro atoms.